The summed E-state index contributed by atoms with van der Waals surface area (Å²) in [4.78, 5) is 0. The maximum Gasteiger partial charge on any atom is 0.214 e. The highest BCUT2D eigenvalue weighted by Crippen LogP contribution is 2.23. The number of hydrogen-bond acceptors (Lipinski definition) is 2. The highest BCUT2D eigenvalue weighted by Gasteiger charge is 2.14. The van der Waals surface area contributed by atoms with Crippen molar-refractivity contribution in [2.75, 3.05) is 10.6 Å². The van der Waals surface area contributed by atoms with Crippen molar-refractivity contribution in [2.24, 2.45) is 0 Å². The Morgan fingerprint density at radius 3 is 1.43 bits per heavy atom. The van der Waals surface area contributed by atoms with E-state index in [0.29, 0.717) is 0 Å². The van der Waals surface area contributed by atoms with Crippen molar-refractivity contribution in [3.05, 3.63) is 108 Å². The average Bonchev–Trinajstić information content (AvgIpc) is 2.92. The van der Waals surface area contributed by atoms with E-state index in [0.717, 1.165) is 26.2 Å². The van der Waals surface area contributed by atoms with Gasteiger partial charge in [-0.2, -0.15) is 9.13 Å². The van der Waals surface area contributed by atoms with Crippen molar-refractivity contribution < 1.29 is 9.13 Å². The number of benzene rings is 3. The Morgan fingerprint density at radius 1 is 0.486 bits per heavy atom. The Kier molecular flexibility index (Phi) is 6.02. The summed E-state index contributed by atoms with van der Waals surface area (Å²) in [6, 6.07) is 30.9. The van der Waals surface area contributed by atoms with Gasteiger partial charge in [-0.25, -0.2) is 0 Å². The molecule has 35 heavy (non-hydrogen) atoms. The van der Waals surface area contributed by atoms with Gasteiger partial charge in [0.05, 0.1) is 22.1 Å². The molecule has 2 N–H and O–H groups in total. The third-order valence-corrected chi connectivity index (χ3v) is 7.14. The van der Waals surface area contributed by atoms with Gasteiger partial charge in [0.1, 0.15) is 13.1 Å². The maximum absolute atomic E-state index is 3.67. The van der Waals surface area contributed by atoms with Crippen LogP contribution in [0.25, 0.3) is 21.8 Å². The highest BCUT2D eigenvalue weighted by molar-refractivity contribution is 5.89. The Balaban J connectivity index is 1.34. The summed E-state index contributed by atoms with van der Waals surface area (Å²) in [5.74, 6) is 0. The molecule has 3 aliphatic heterocycles. The van der Waals surface area contributed by atoms with Crippen LogP contribution in [0.2, 0.25) is 0 Å². The van der Waals surface area contributed by atoms with Gasteiger partial charge in [-0.05, 0) is 29.7 Å². The fraction of sp³-hybridized carbons (Fsp3) is 0.226. The van der Waals surface area contributed by atoms with Crippen LogP contribution in [0, 0.1) is 0 Å². The van der Waals surface area contributed by atoms with Crippen molar-refractivity contribution >= 4 is 33.2 Å². The SMILES string of the molecule is c1ccc2c(c1)c1cc[n+]2CCCCC[n+]2ccc(c3ccccc32)NCc2ccc(cc2)CN1. The van der Waals surface area contributed by atoms with Crippen molar-refractivity contribution in [1.29, 1.82) is 0 Å². The zero-order valence-electron chi connectivity index (χ0n) is 20.1. The van der Waals surface area contributed by atoms with Gasteiger partial charge < -0.3 is 10.6 Å². The second-order valence-electron chi connectivity index (χ2n) is 9.46. The predicted molar refractivity (Wildman–Crippen MR) is 143 cm³/mol. The quantitative estimate of drug-likeness (QED) is 0.279. The van der Waals surface area contributed by atoms with Crippen LogP contribution in [0.4, 0.5) is 11.4 Å². The lowest BCUT2D eigenvalue weighted by Gasteiger charge is -2.11. The van der Waals surface area contributed by atoms with Gasteiger partial charge in [0.25, 0.3) is 0 Å². The molecule has 0 saturated heterocycles. The van der Waals surface area contributed by atoms with Crippen LogP contribution in [0.15, 0.2) is 97.3 Å². The van der Waals surface area contributed by atoms with Crippen molar-refractivity contribution in [2.45, 2.75) is 45.4 Å². The molecular weight excluding hydrogens is 428 g/mol. The van der Waals surface area contributed by atoms with Crippen LogP contribution in [-0.4, -0.2) is 0 Å². The number of pyridine rings is 2. The van der Waals surface area contributed by atoms with E-state index in [1.165, 1.54) is 63.6 Å². The standard InChI is InChI=1S/C31H30N4/c1-6-18-34-20-16-28(26-8-2-4-10-30(26)34)32-22-24-12-14-25(15-13-24)23-33-29-17-21-35(19-7-1)31-11-5-3-9-27(29)31/h2-5,8-17,20-21H,1,6-7,18-19,22-23H2/p+2. The molecule has 0 fully saturated rings. The van der Waals surface area contributed by atoms with Crippen LogP contribution < -0.4 is 19.8 Å². The molecule has 0 atom stereocenters. The number of anilines is 2. The van der Waals surface area contributed by atoms with Gasteiger partial charge in [0.2, 0.25) is 11.0 Å². The summed E-state index contributed by atoms with van der Waals surface area (Å²) in [5.41, 5.74) is 7.54. The number of nitrogens with one attached hydrogen (secondary N) is 2. The third kappa shape index (κ3) is 4.57. The summed E-state index contributed by atoms with van der Waals surface area (Å²) in [5, 5.41) is 9.91. The lowest BCUT2D eigenvalue weighted by atomic mass is 10.1. The zero-order chi connectivity index (χ0) is 23.5. The molecule has 3 aromatic carbocycles. The summed E-state index contributed by atoms with van der Waals surface area (Å²) < 4.78 is 4.81. The number of aromatic nitrogens is 2. The summed E-state index contributed by atoms with van der Waals surface area (Å²) >= 11 is 0. The number of nitrogens with zero attached hydrogens (tertiary/aromatic N) is 2. The van der Waals surface area contributed by atoms with Gasteiger partial charge in [-0.3, -0.25) is 0 Å². The van der Waals surface area contributed by atoms with E-state index in [4.69, 9.17) is 0 Å². The summed E-state index contributed by atoms with van der Waals surface area (Å²) in [7, 11) is 0. The molecule has 0 saturated carbocycles. The maximum atomic E-state index is 3.67. The molecule has 5 heterocycles. The predicted octanol–water partition coefficient (Wildman–Crippen LogP) is 5.98. The molecule has 0 radical (unpaired) electrons. The first-order valence-electron chi connectivity index (χ1n) is 12.7. The molecule has 174 valence electrons. The Bertz CT molecular complexity index is 1360. The van der Waals surface area contributed by atoms with Crippen molar-refractivity contribution in [3.8, 4) is 0 Å². The molecule has 0 aliphatic carbocycles. The molecular formula is C31H32N4+2. The van der Waals surface area contributed by atoms with E-state index in [1.54, 1.807) is 0 Å². The Hall–Kier alpha value is -3.92. The monoisotopic (exact) mass is 460 g/mol. The van der Waals surface area contributed by atoms with Crippen molar-refractivity contribution in [1.82, 2.24) is 0 Å². The van der Waals surface area contributed by atoms with Crippen LogP contribution in [0.1, 0.15) is 30.4 Å². The highest BCUT2D eigenvalue weighted by atomic mass is 15.0. The number of hydrogen-bond donors (Lipinski definition) is 2. The normalized spacial score (nSPS) is 14.5. The van der Waals surface area contributed by atoms with Gasteiger partial charge in [0.15, 0.2) is 12.4 Å². The van der Waals surface area contributed by atoms with E-state index in [-0.39, 0.29) is 0 Å². The molecule has 0 unspecified atom stereocenters. The van der Waals surface area contributed by atoms with E-state index < -0.39 is 0 Å². The van der Waals surface area contributed by atoms with Crippen LogP contribution >= 0.6 is 0 Å². The molecule has 0 spiro atoms. The molecule has 5 aromatic rings. The molecule has 0 amide bonds. The minimum absolute atomic E-state index is 0.811. The van der Waals surface area contributed by atoms with E-state index in [1.807, 2.05) is 0 Å². The second kappa shape index (κ2) is 9.75. The fourth-order valence-corrected chi connectivity index (χ4v) is 5.18. The van der Waals surface area contributed by atoms with E-state index in [9.17, 15) is 0 Å². The second-order valence-corrected chi connectivity index (χ2v) is 9.46. The Morgan fingerprint density at radius 2 is 0.943 bits per heavy atom. The topological polar surface area (TPSA) is 31.8 Å². The fourth-order valence-electron chi connectivity index (χ4n) is 5.18. The first-order valence-corrected chi connectivity index (χ1v) is 12.7. The first kappa shape index (κ1) is 21.6. The number of rotatable bonds is 0. The summed E-state index contributed by atoms with van der Waals surface area (Å²) in [6.07, 6.45) is 8.03. The summed E-state index contributed by atoms with van der Waals surface area (Å²) in [6.45, 7) is 3.70. The largest absolute Gasteiger partial charge is 0.380 e. The van der Waals surface area contributed by atoms with Crippen molar-refractivity contribution in [3.63, 3.8) is 0 Å². The van der Waals surface area contributed by atoms with E-state index >= 15 is 0 Å². The van der Waals surface area contributed by atoms with Crippen LogP contribution in [-0.2, 0) is 26.2 Å². The third-order valence-electron chi connectivity index (χ3n) is 7.14. The smallest absolute Gasteiger partial charge is 0.214 e. The molecule has 3 aliphatic rings. The average molecular weight is 461 g/mol. The van der Waals surface area contributed by atoms with E-state index in [2.05, 4.69) is 117 Å². The van der Waals surface area contributed by atoms with Gasteiger partial charge in [0, 0.05) is 50.2 Å². The first-order chi connectivity index (χ1) is 17.3. The number of fused-ring (bicyclic) bond motifs is 3. The lowest BCUT2D eigenvalue weighted by molar-refractivity contribution is -0.675. The zero-order valence-corrected chi connectivity index (χ0v) is 20.1. The molecule has 4 nitrogen and oxygen atoms in total. The van der Waals surface area contributed by atoms with Gasteiger partial charge in [-0.1, -0.05) is 48.5 Å². The van der Waals surface area contributed by atoms with Crippen LogP contribution in [0.3, 0.4) is 0 Å². The van der Waals surface area contributed by atoms with Gasteiger partial charge in [-0.15, -0.1) is 0 Å². The lowest BCUT2D eigenvalue weighted by Crippen LogP contribution is -2.35. The molecule has 2 aromatic heterocycles. The Labute approximate surface area is 206 Å². The molecule has 4 heteroatoms. The van der Waals surface area contributed by atoms with Gasteiger partial charge >= 0.3 is 0 Å². The van der Waals surface area contributed by atoms with Crippen LogP contribution in [0.5, 0.6) is 0 Å². The number of para-hydroxylation sites is 2. The number of aryl methyl sites for hydroxylation is 2. The minimum atomic E-state index is 0.811. The molecule has 6 bridgehead atoms. The minimum Gasteiger partial charge on any atom is -0.380 e. The molecule has 8 rings (SSSR count).